The maximum Gasteiger partial charge on any atom is 0.414 e. The van der Waals surface area contributed by atoms with Crippen LogP contribution in [0.2, 0.25) is 0 Å². The third-order valence-corrected chi connectivity index (χ3v) is 3.40. The molecule has 2 aromatic carbocycles. The molecule has 1 N–H and O–H groups in total. The number of halogens is 1. The van der Waals surface area contributed by atoms with Gasteiger partial charge in [-0.1, -0.05) is 29.4 Å². The molecule has 0 aliphatic heterocycles. The number of carbonyl (C=O) groups excluding carboxylic acids is 2. The average molecular weight is 355 g/mol. The summed E-state index contributed by atoms with van der Waals surface area (Å²) in [5.41, 5.74) is 0.878. The molecule has 0 saturated heterocycles. The summed E-state index contributed by atoms with van der Waals surface area (Å²) in [5, 5.41) is 5.92. The summed E-state index contributed by atoms with van der Waals surface area (Å²) in [6.07, 6.45) is -0.829. The number of nitrogens with zero attached hydrogens (tertiary/aromatic N) is 2. The molecule has 0 bridgehead atoms. The highest BCUT2D eigenvalue weighted by atomic mass is 19.1. The summed E-state index contributed by atoms with van der Waals surface area (Å²) in [5.74, 6) is -0.887. The number of ether oxygens (including phenoxy) is 1. The SMILES string of the molecule is CCOC(=O)NC(=O)c1cccc(-c2noc(-c3ccccc3F)n2)c1. The molecule has 26 heavy (non-hydrogen) atoms. The molecular formula is C18H14FN3O4. The van der Waals surface area contributed by atoms with Crippen LogP contribution >= 0.6 is 0 Å². The van der Waals surface area contributed by atoms with Crippen molar-refractivity contribution in [2.45, 2.75) is 6.92 Å². The monoisotopic (exact) mass is 355 g/mol. The predicted octanol–water partition coefficient (Wildman–Crippen LogP) is 3.43. The second-order valence-corrected chi connectivity index (χ2v) is 5.16. The molecule has 7 nitrogen and oxygen atoms in total. The Balaban J connectivity index is 1.84. The highest BCUT2D eigenvalue weighted by molar-refractivity contribution is 6.03. The minimum atomic E-state index is -0.829. The summed E-state index contributed by atoms with van der Waals surface area (Å²) in [6.45, 7) is 1.79. The minimum absolute atomic E-state index is 0.0273. The standard InChI is InChI=1S/C18H14FN3O4/c1-2-25-18(24)21-16(23)12-7-5-6-11(10-12)15-20-17(26-22-15)13-8-3-4-9-14(13)19/h3-10H,2H2,1H3,(H,21,23,24). The lowest BCUT2D eigenvalue weighted by Gasteiger charge is -2.04. The maximum absolute atomic E-state index is 13.8. The number of hydrogen-bond acceptors (Lipinski definition) is 6. The summed E-state index contributed by atoms with van der Waals surface area (Å²) in [6, 6.07) is 12.3. The third kappa shape index (κ3) is 3.75. The van der Waals surface area contributed by atoms with Crippen molar-refractivity contribution in [2.24, 2.45) is 0 Å². The molecule has 0 unspecified atom stereocenters. The van der Waals surface area contributed by atoms with Gasteiger partial charge in [0.25, 0.3) is 11.8 Å². The lowest BCUT2D eigenvalue weighted by Crippen LogP contribution is -2.30. The Morgan fingerprint density at radius 1 is 1.19 bits per heavy atom. The van der Waals surface area contributed by atoms with Gasteiger partial charge >= 0.3 is 6.09 Å². The van der Waals surface area contributed by atoms with Gasteiger partial charge in [0, 0.05) is 11.1 Å². The normalized spacial score (nSPS) is 10.4. The van der Waals surface area contributed by atoms with Crippen molar-refractivity contribution in [2.75, 3.05) is 6.61 Å². The van der Waals surface area contributed by atoms with Crippen molar-refractivity contribution >= 4 is 12.0 Å². The Bertz CT molecular complexity index is 955. The number of nitrogens with one attached hydrogen (secondary N) is 1. The lowest BCUT2D eigenvalue weighted by molar-refractivity contribution is 0.0925. The van der Waals surface area contributed by atoms with Gasteiger partial charge in [0.05, 0.1) is 12.2 Å². The highest BCUT2D eigenvalue weighted by Crippen LogP contribution is 2.24. The predicted molar refractivity (Wildman–Crippen MR) is 89.6 cm³/mol. The van der Waals surface area contributed by atoms with Crippen LogP contribution in [-0.2, 0) is 4.74 Å². The number of rotatable bonds is 4. The number of imide groups is 1. The molecule has 0 saturated carbocycles. The number of amides is 2. The zero-order valence-corrected chi connectivity index (χ0v) is 13.7. The Morgan fingerprint density at radius 2 is 2.00 bits per heavy atom. The molecule has 0 atom stereocenters. The van der Waals surface area contributed by atoms with Gasteiger partial charge in [-0.25, -0.2) is 9.18 Å². The Morgan fingerprint density at radius 3 is 2.77 bits per heavy atom. The van der Waals surface area contributed by atoms with Crippen molar-refractivity contribution in [3.05, 3.63) is 59.9 Å². The molecule has 0 aliphatic carbocycles. The zero-order valence-electron chi connectivity index (χ0n) is 13.7. The van der Waals surface area contributed by atoms with Crippen molar-refractivity contribution in [1.29, 1.82) is 0 Å². The number of aromatic nitrogens is 2. The fraction of sp³-hybridized carbons (Fsp3) is 0.111. The molecule has 0 aliphatic rings. The molecule has 0 spiro atoms. The fourth-order valence-electron chi connectivity index (χ4n) is 2.22. The van der Waals surface area contributed by atoms with Crippen LogP contribution in [0.4, 0.5) is 9.18 Å². The minimum Gasteiger partial charge on any atom is -0.450 e. The van der Waals surface area contributed by atoms with E-state index in [1.807, 2.05) is 0 Å². The summed E-state index contributed by atoms with van der Waals surface area (Å²) in [4.78, 5) is 27.6. The first kappa shape index (κ1) is 17.3. The van der Waals surface area contributed by atoms with Crippen molar-refractivity contribution in [3.8, 4) is 22.8 Å². The second-order valence-electron chi connectivity index (χ2n) is 5.16. The van der Waals surface area contributed by atoms with Gasteiger partial charge in [0.1, 0.15) is 5.82 Å². The lowest BCUT2D eigenvalue weighted by atomic mass is 10.1. The Kier molecular flexibility index (Phi) is 5.02. The molecule has 3 rings (SSSR count). The molecule has 132 valence electrons. The van der Waals surface area contributed by atoms with Gasteiger partial charge in [-0.15, -0.1) is 0 Å². The van der Waals surface area contributed by atoms with Crippen molar-refractivity contribution in [1.82, 2.24) is 15.5 Å². The quantitative estimate of drug-likeness (QED) is 0.770. The highest BCUT2D eigenvalue weighted by Gasteiger charge is 2.16. The molecule has 2 amide bonds. The van der Waals surface area contributed by atoms with E-state index in [-0.39, 0.29) is 29.4 Å². The van der Waals surface area contributed by atoms with Crippen molar-refractivity contribution in [3.63, 3.8) is 0 Å². The Hall–Kier alpha value is -3.55. The van der Waals surface area contributed by atoms with E-state index in [2.05, 4.69) is 20.2 Å². The molecule has 3 aromatic rings. The summed E-state index contributed by atoms with van der Waals surface area (Å²) >= 11 is 0. The molecule has 8 heteroatoms. The largest absolute Gasteiger partial charge is 0.450 e. The van der Waals surface area contributed by atoms with E-state index in [4.69, 9.17) is 4.52 Å². The molecule has 0 fully saturated rings. The fourth-order valence-corrected chi connectivity index (χ4v) is 2.22. The third-order valence-electron chi connectivity index (χ3n) is 3.40. The average Bonchev–Trinajstić information content (AvgIpc) is 3.12. The maximum atomic E-state index is 13.8. The van der Waals surface area contributed by atoms with Crippen LogP contribution in [0.15, 0.2) is 53.1 Å². The van der Waals surface area contributed by atoms with Crippen LogP contribution in [0.3, 0.4) is 0 Å². The van der Waals surface area contributed by atoms with Crippen LogP contribution in [0.1, 0.15) is 17.3 Å². The molecular weight excluding hydrogens is 341 g/mol. The van der Waals surface area contributed by atoms with Crippen LogP contribution < -0.4 is 5.32 Å². The van der Waals surface area contributed by atoms with E-state index in [9.17, 15) is 14.0 Å². The first-order valence-electron chi connectivity index (χ1n) is 7.75. The zero-order chi connectivity index (χ0) is 18.5. The van der Waals surface area contributed by atoms with Crippen molar-refractivity contribution < 1.29 is 23.2 Å². The number of hydrogen-bond donors (Lipinski definition) is 1. The van der Waals surface area contributed by atoms with E-state index in [0.29, 0.717) is 5.56 Å². The van der Waals surface area contributed by atoms with Crippen LogP contribution in [0, 0.1) is 5.82 Å². The molecule has 1 aromatic heterocycles. The number of carbonyl (C=O) groups is 2. The first-order chi connectivity index (χ1) is 12.6. The van der Waals surface area contributed by atoms with Gasteiger partial charge in [-0.05, 0) is 31.2 Å². The van der Waals surface area contributed by atoms with Crippen LogP contribution in [0.25, 0.3) is 22.8 Å². The van der Waals surface area contributed by atoms with Crippen LogP contribution in [-0.4, -0.2) is 28.7 Å². The van der Waals surface area contributed by atoms with E-state index in [0.717, 1.165) is 0 Å². The van der Waals surface area contributed by atoms with E-state index >= 15 is 0 Å². The number of alkyl carbamates (subject to hydrolysis) is 1. The first-order valence-corrected chi connectivity index (χ1v) is 7.75. The number of benzene rings is 2. The molecule has 1 heterocycles. The van der Waals surface area contributed by atoms with E-state index in [1.54, 1.807) is 31.2 Å². The summed E-state index contributed by atoms with van der Waals surface area (Å²) < 4.78 is 23.6. The Labute approximate surface area is 147 Å². The van der Waals surface area contributed by atoms with Gasteiger partial charge in [0.2, 0.25) is 5.82 Å². The molecule has 0 radical (unpaired) electrons. The second kappa shape index (κ2) is 7.56. The topological polar surface area (TPSA) is 94.3 Å². The smallest absolute Gasteiger partial charge is 0.414 e. The van der Waals surface area contributed by atoms with Crippen LogP contribution in [0.5, 0.6) is 0 Å². The van der Waals surface area contributed by atoms with Gasteiger partial charge < -0.3 is 9.26 Å². The van der Waals surface area contributed by atoms with Gasteiger partial charge in [0.15, 0.2) is 0 Å². The van der Waals surface area contributed by atoms with E-state index in [1.165, 1.54) is 24.3 Å². The van der Waals surface area contributed by atoms with Gasteiger partial charge in [-0.2, -0.15) is 4.98 Å². The summed E-state index contributed by atoms with van der Waals surface area (Å²) in [7, 11) is 0. The van der Waals surface area contributed by atoms with Gasteiger partial charge in [-0.3, -0.25) is 10.1 Å². The van der Waals surface area contributed by atoms with E-state index < -0.39 is 17.8 Å².